The molecule has 1 saturated heterocycles. The molecule has 6 nitrogen and oxygen atoms in total. The zero-order chi connectivity index (χ0) is 21.9. The summed E-state index contributed by atoms with van der Waals surface area (Å²) in [4.78, 5) is 7.19. The summed E-state index contributed by atoms with van der Waals surface area (Å²) in [6, 6.07) is 16.3. The molecule has 1 aliphatic heterocycles. The third kappa shape index (κ3) is 8.69. The van der Waals surface area contributed by atoms with E-state index in [4.69, 9.17) is 20.9 Å². The summed E-state index contributed by atoms with van der Waals surface area (Å²) in [7, 11) is 0. The van der Waals surface area contributed by atoms with Crippen LogP contribution in [0.1, 0.15) is 25.0 Å². The van der Waals surface area contributed by atoms with Crippen LogP contribution in [-0.4, -0.2) is 49.8 Å². The van der Waals surface area contributed by atoms with Crippen molar-refractivity contribution in [3.63, 3.8) is 0 Å². The molecule has 0 aromatic heterocycles. The lowest BCUT2D eigenvalue weighted by molar-refractivity contribution is 0.0341. The Morgan fingerprint density at radius 2 is 1.81 bits per heavy atom. The van der Waals surface area contributed by atoms with Crippen molar-refractivity contribution in [2.24, 2.45) is 4.99 Å². The summed E-state index contributed by atoms with van der Waals surface area (Å²) < 4.78 is 11.2. The fourth-order valence-corrected chi connectivity index (χ4v) is 3.33. The van der Waals surface area contributed by atoms with Crippen molar-refractivity contribution < 1.29 is 9.47 Å². The van der Waals surface area contributed by atoms with Crippen molar-refractivity contribution in [2.75, 3.05) is 38.2 Å². The number of ether oxygens (including phenoxy) is 2. The van der Waals surface area contributed by atoms with Gasteiger partial charge in [-0.1, -0.05) is 30.2 Å². The highest BCUT2D eigenvalue weighted by Gasteiger charge is 2.12. The minimum atomic E-state index is 0. The maximum Gasteiger partial charge on any atom is 0.196 e. The fourth-order valence-electron chi connectivity index (χ4n) is 3.33. The van der Waals surface area contributed by atoms with Gasteiger partial charge in [0.15, 0.2) is 5.96 Å². The highest BCUT2D eigenvalue weighted by Crippen LogP contribution is 2.17. The Morgan fingerprint density at radius 3 is 2.47 bits per heavy atom. The number of hydrogen-bond acceptors (Lipinski definition) is 4. The molecule has 0 bridgehead atoms. The number of halogens is 1. The summed E-state index contributed by atoms with van der Waals surface area (Å²) in [5.41, 5.74) is 3.41. The van der Waals surface area contributed by atoms with Crippen LogP contribution >= 0.6 is 24.0 Å². The Hall–Kier alpha value is -2.28. The highest BCUT2D eigenvalue weighted by atomic mass is 127. The molecule has 0 radical (unpaired) electrons. The standard InChI is InChI=1S/C25H32N4O2.HI/c1-4-13-26-25(28-23-9-11-24(12-10-23)31-20(2)3)27-18-21-7-5-6-8-22(21)19-29-14-16-30-17-15-29;/h1,5-12,20H,13-19H2,2-3H3,(H2,26,27,28);1H. The van der Waals surface area contributed by atoms with Crippen LogP contribution in [0.5, 0.6) is 5.75 Å². The number of morpholine rings is 1. The first-order chi connectivity index (χ1) is 15.1. The molecule has 0 amide bonds. The van der Waals surface area contributed by atoms with E-state index in [1.165, 1.54) is 11.1 Å². The predicted octanol–water partition coefficient (Wildman–Crippen LogP) is 4.11. The first-order valence-electron chi connectivity index (χ1n) is 10.8. The van der Waals surface area contributed by atoms with Crippen LogP contribution in [0.25, 0.3) is 0 Å². The molecular formula is C25H33IN4O2. The molecule has 2 aromatic rings. The van der Waals surface area contributed by atoms with Gasteiger partial charge in [0, 0.05) is 25.3 Å². The maximum atomic E-state index is 5.71. The first kappa shape index (κ1) is 26.0. The molecule has 0 atom stereocenters. The van der Waals surface area contributed by atoms with Gasteiger partial charge in [-0.3, -0.25) is 4.90 Å². The van der Waals surface area contributed by atoms with Gasteiger partial charge in [-0.05, 0) is 49.2 Å². The molecule has 172 valence electrons. The Bertz CT molecular complexity index is 888. The van der Waals surface area contributed by atoms with E-state index in [-0.39, 0.29) is 30.1 Å². The third-order valence-corrected chi connectivity index (χ3v) is 4.87. The second-order valence-electron chi connectivity index (χ2n) is 7.70. The van der Waals surface area contributed by atoms with E-state index in [9.17, 15) is 0 Å². The Balaban J connectivity index is 0.00000363. The maximum absolute atomic E-state index is 5.71. The van der Waals surface area contributed by atoms with Gasteiger partial charge in [0.25, 0.3) is 0 Å². The van der Waals surface area contributed by atoms with E-state index < -0.39 is 0 Å². The average molecular weight is 548 g/mol. The van der Waals surface area contributed by atoms with Gasteiger partial charge >= 0.3 is 0 Å². The summed E-state index contributed by atoms with van der Waals surface area (Å²) >= 11 is 0. The average Bonchev–Trinajstić information content (AvgIpc) is 2.78. The van der Waals surface area contributed by atoms with Gasteiger partial charge in [0.1, 0.15) is 5.75 Å². The van der Waals surface area contributed by atoms with Gasteiger partial charge in [-0.25, -0.2) is 4.99 Å². The molecule has 0 aliphatic carbocycles. The molecule has 0 saturated carbocycles. The zero-order valence-electron chi connectivity index (χ0n) is 18.8. The van der Waals surface area contributed by atoms with Crippen molar-refractivity contribution in [1.29, 1.82) is 0 Å². The monoisotopic (exact) mass is 548 g/mol. The first-order valence-corrected chi connectivity index (χ1v) is 10.8. The van der Waals surface area contributed by atoms with Crippen LogP contribution in [0.3, 0.4) is 0 Å². The van der Waals surface area contributed by atoms with Crippen LogP contribution in [0.15, 0.2) is 53.5 Å². The molecule has 1 aliphatic rings. The SMILES string of the molecule is C#CCNC(=NCc1ccccc1CN1CCOCC1)Nc1ccc(OC(C)C)cc1.I. The predicted molar refractivity (Wildman–Crippen MR) is 142 cm³/mol. The van der Waals surface area contributed by atoms with Gasteiger partial charge in [-0.2, -0.15) is 0 Å². The summed E-state index contributed by atoms with van der Waals surface area (Å²) in [6.45, 7) is 9.42. The topological polar surface area (TPSA) is 58.1 Å². The number of benzene rings is 2. The number of hydrogen-bond donors (Lipinski definition) is 2. The normalized spacial score (nSPS) is 14.4. The number of nitrogens with one attached hydrogen (secondary N) is 2. The van der Waals surface area contributed by atoms with Crippen molar-refractivity contribution in [1.82, 2.24) is 10.2 Å². The quantitative estimate of drug-likeness (QED) is 0.225. The van der Waals surface area contributed by atoms with Crippen LogP contribution in [0, 0.1) is 12.3 Å². The molecule has 7 heteroatoms. The summed E-state index contributed by atoms with van der Waals surface area (Å²) in [5, 5.41) is 6.51. The van der Waals surface area contributed by atoms with Gasteiger partial charge in [0.05, 0.1) is 32.4 Å². The van der Waals surface area contributed by atoms with Crippen LogP contribution in [0.4, 0.5) is 5.69 Å². The smallest absolute Gasteiger partial charge is 0.196 e. The lowest BCUT2D eigenvalue weighted by atomic mass is 10.1. The number of aliphatic imine (C=N–C) groups is 1. The lowest BCUT2D eigenvalue weighted by Gasteiger charge is -2.27. The number of rotatable bonds is 8. The molecule has 3 rings (SSSR count). The molecule has 0 spiro atoms. The van der Waals surface area contributed by atoms with Gasteiger partial charge in [0.2, 0.25) is 0 Å². The second-order valence-corrected chi connectivity index (χ2v) is 7.70. The van der Waals surface area contributed by atoms with Crippen LogP contribution < -0.4 is 15.4 Å². The zero-order valence-corrected chi connectivity index (χ0v) is 21.2. The Labute approximate surface area is 208 Å². The van der Waals surface area contributed by atoms with E-state index in [1.807, 2.05) is 38.1 Å². The van der Waals surface area contributed by atoms with Crippen molar-refractivity contribution in [3.8, 4) is 18.1 Å². The lowest BCUT2D eigenvalue weighted by Crippen LogP contribution is -2.35. The summed E-state index contributed by atoms with van der Waals surface area (Å²) in [5.74, 6) is 4.10. The highest BCUT2D eigenvalue weighted by molar-refractivity contribution is 14.0. The Morgan fingerprint density at radius 1 is 1.12 bits per heavy atom. The largest absolute Gasteiger partial charge is 0.491 e. The van der Waals surface area contributed by atoms with Crippen molar-refractivity contribution >= 4 is 35.6 Å². The number of nitrogens with zero attached hydrogens (tertiary/aromatic N) is 2. The van der Waals surface area contributed by atoms with Gasteiger partial charge in [-0.15, -0.1) is 30.4 Å². The van der Waals surface area contributed by atoms with E-state index in [0.29, 0.717) is 19.0 Å². The number of guanidine groups is 1. The molecule has 2 aromatic carbocycles. The third-order valence-electron chi connectivity index (χ3n) is 4.87. The molecular weight excluding hydrogens is 515 g/mol. The van der Waals surface area contributed by atoms with Crippen molar-refractivity contribution in [2.45, 2.75) is 33.0 Å². The molecule has 0 unspecified atom stereocenters. The summed E-state index contributed by atoms with van der Waals surface area (Å²) in [6.07, 6.45) is 5.59. The molecule has 1 heterocycles. The van der Waals surface area contributed by atoms with Gasteiger partial charge < -0.3 is 20.1 Å². The van der Waals surface area contributed by atoms with E-state index >= 15 is 0 Å². The van der Waals surface area contributed by atoms with E-state index in [2.05, 4.69) is 45.7 Å². The number of anilines is 1. The minimum absolute atomic E-state index is 0. The number of terminal acetylenes is 1. The molecule has 2 N–H and O–H groups in total. The van der Waals surface area contributed by atoms with E-state index in [1.54, 1.807) is 0 Å². The molecule has 32 heavy (non-hydrogen) atoms. The van der Waals surface area contributed by atoms with Crippen LogP contribution in [0.2, 0.25) is 0 Å². The molecule has 1 fully saturated rings. The van der Waals surface area contributed by atoms with E-state index in [0.717, 1.165) is 44.3 Å². The minimum Gasteiger partial charge on any atom is -0.491 e. The fraction of sp³-hybridized carbons (Fsp3) is 0.400. The van der Waals surface area contributed by atoms with Crippen LogP contribution in [-0.2, 0) is 17.8 Å². The Kier molecular flexibility index (Phi) is 11.4. The van der Waals surface area contributed by atoms with Crippen molar-refractivity contribution in [3.05, 3.63) is 59.7 Å². The second kappa shape index (κ2) is 14.0.